The fourth-order valence-electron chi connectivity index (χ4n) is 3.09. The van der Waals surface area contributed by atoms with Crippen LogP contribution in [-0.4, -0.2) is 12.1 Å². The molecule has 21 heavy (non-hydrogen) atoms. The summed E-state index contributed by atoms with van der Waals surface area (Å²) in [5.74, 6) is 0.887. The average Bonchev–Trinajstić information content (AvgIpc) is 2.83. The lowest BCUT2D eigenvalue weighted by Crippen LogP contribution is -2.22. The van der Waals surface area contributed by atoms with E-state index in [1.807, 2.05) is 11.3 Å². The molecule has 1 fully saturated rings. The van der Waals surface area contributed by atoms with E-state index < -0.39 is 0 Å². The van der Waals surface area contributed by atoms with Gasteiger partial charge < -0.3 is 10.1 Å². The first-order valence-electron chi connectivity index (χ1n) is 8.51. The molecule has 2 nitrogen and oxygen atoms in total. The normalized spacial score (nSPS) is 22.9. The largest absolute Gasteiger partial charge is 0.373 e. The summed E-state index contributed by atoms with van der Waals surface area (Å²) in [5, 5.41) is 3.49. The standard InChI is InChI=1S/C18H31NOS/c1-5-15-7-6-8-17(9-15)20-12-16-10-18(21-14(16)4)11-19-13(2)3/h10,13,15,17,19H,5-9,11-12H2,1-4H3. The Balaban J connectivity index is 1.82. The SMILES string of the molecule is CCC1CCCC(OCc2cc(CNC(C)C)sc2C)C1. The van der Waals surface area contributed by atoms with Crippen molar-refractivity contribution in [3.63, 3.8) is 0 Å². The van der Waals surface area contributed by atoms with Crippen LogP contribution in [0.3, 0.4) is 0 Å². The number of thiophene rings is 1. The number of aryl methyl sites for hydroxylation is 1. The minimum atomic E-state index is 0.486. The fourth-order valence-corrected chi connectivity index (χ4v) is 4.09. The predicted octanol–water partition coefficient (Wildman–Crippen LogP) is 5.04. The Labute approximate surface area is 134 Å². The van der Waals surface area contributed by atoms with Crippen LogP contribution in [0.2, 0.25) is 0 Å². The van der Waals surface area contributed by atoms with Crippen molar-refractivity contribution in [2.75, 3.05) is 0 Å². The van der Waals surface area contributed by atoms with Crippen LogP contribution in [-0.2, 0) is 17.9 Å². The quantitative estimate of drug-likeness (QED) is 0.762. The molecule has 2 unspecified atom stereocenters. The zero-order chi connectivity index (χ0) is 15.2. The number of hydrogen-bond acceptors (Lipinski definition) is 3. The van der Waals surface area contributed by atoms with E-state index in [2.05, 4.69) is 39.1 Å². The minimum absolute atomic E-state index is 0.486. The number of nitrogens with one attached hydrogen (secondary N) is 1. The van der Waals surface area contributed by atoms with Crippen LogP contribution in [0.5, 0.6) is 0 Å². The summed E-state index contributed by atoms with van der Waals surface area (Å²) in [6, 6.07) is 2.87. The van der Waals surface area contributed by atoms with Gasteiger partial charge in [-0.3, -0.25) is 0 Å². The van der Waals surface area contributed by atoms with Crippen LogP contribution in [0.4, 0.5) is 0 Å². The smallest absolute Gasteiger partial charge is 0.0731 e. The third kappa shape index (κ3) is 5.39. The van der Waals surface area contributed by atoms with Crippen molar-refractivity contribution in [3.8, 4) is 0 Å². The van der Waals surface area contributed by atoms with Gasteiger partial charge in [-0.25, -0.2) is 0 Å². The fraction of sp³-hybridized carbons (Fsp3) is 0.778. The van der Waals surface area contributed by atoms with Crippen LogP contribution in [0.25, 0.3) is 0 Å². The highest BCUT2D eigenvalue weighted by Gasteiger charge is 2.21. The van der Waals surface area contributed by atoms with Gasteiger partial charge in [0.1, 0.15) is 0 Å². The van der Waals surface area contributed by atoms with E-state index in [9.17, 15) is 0 Å². The zero-order valence-electron chi connectivity index (χ0n) is 14.1. The number of rotatable bonds is 7. The van der Waals surface area contributed by atoms with Gasteiger partial charge in [-0.05, 0) is 37.3 Å². The Morgan fingerprint density at radius 2 is 2.19 bits per heavy atom. The van der Waals surface area contributed by atoms with Crippen molar-refractivity contribution < 1.29 is 4.74 Å². The summed E-state index contributed by atoms with van der Waals surface area (Å²) < 4.78 is 6.21. The van der Waals surface area contributed by atoms with E-state index in [1.165, 1.54) is 47.4 Å². The first kappa shape index (κ1) is 17.0. The van der Waals surface area contributed by atoms with Gasteiger partial charge in [0, 0.05) is 22.3 Å². The molecule has 1 heterocycles. The summed E-state index contributed by atoms with van der Waals surface area (Å²) in [4.78, 5) is 2.84. The van der Waals surface area contributed by atoms with Crippen LogP contribution in [0.15, 0.2) is 6.07 Å². The van der Waals surface area contributed by atoms with E-state index >= 15 is 0 Å². The molecule has 0 bridgehead atoms. The summed E-state index contributed by atoms with van der Waals surface area (Å²) in [7, 11) is 0. The lowest BCUT2D eigenvalue weighted by Gasteiger charge is -2.28. The lowest BCUT2D eigenvalue weighted by atomic mass is 9.85. The van der Waals surface area contributed by atoms with Crippen LogP contribution in [0.1, 0.15) is 68.2 Å². The van der Waals surface area contributed by atoms with E-state index in [0.717, 1.165) is 19.1 Å². The highest BCUT2D eigenvalue weighted by Crippen LogP contribution is 2.30. The second-order valence-electron chi connectivity index (χ2n) is 6.70. The Bertz CT molecular complexity index is 427. The maximum atomic E-state index is 6.21. The highest BCUT2D eigenvalue weighted by molar-refractivity contribution is 7.12. The summed E-state index contributed by atoms with van der Waals surface area (Å²) in [5.41, 5.74) is 1.39. The molecule has 0 amide bonds. The highest BCUT2D eigenvalue weighted by atomic mass is 32.1. The second kappa shape index (κ2) is 8.30. The molecule has 1 aromatic heterocycles. The van der Waals surface area contributed by atoms with Crippen LogP contribution >= 0.6 is 11.3 Å². The minimum Gasteiger partial charge on any atom is -0.373 e. The molecule has 1 aliphatic rings. The first-order chi connectivity index (χ1) is 10.1. The molecule has 1 N–H and O–H groups in total. The van der Waals surface area contributed by atoms with E-state index in [-0.39, 0.29) is 0 Å². The molecule has 0 radical (unpaired) electrons. The van der Waals surface area contributed by atoms with Crippen molar-refractivity contribution in [1.29, 1.82) is 0 Å². The number of hydrogen-bond donors (Lipinski definition) is 1. The molecule has 2 rings (SSSR count). The Morgan fingerprint density at radius 3 is 2.90 bits per heavy atom. The maximum Gasteiger partial charge on any atom is 0.0731 e. The van der Waals surface area contributed by atoms with Gasteiger partial charge in [0.05, 0.1) is 12.7 Å². The molecular formula is C18H31NOS. The third-order valence-corrected chi connectivity index (χ3v) is 5.64. The molecular weight excluding hydrogens is 278 g/mol. The van der Waals surface area contributed by atoms with Crippen molar-refractivity contribution in [3.05, 3.63) is 21.4 Å². The van der Waals surface area contributed by atoms with Crippen molar-refractivity contribution in [2.24, 2.45) is 5.92 Å². The summed E-state index contributed by atoms with van der Waals surface area (Å²) in [6.45, 7) is 10.7. The van der Waals surface area contributed by atoms with Gasteiger partial charge in [-0.15, -0.1) is 11.3 Å². The van der Waals surface area contributed by atoms with Gasteiger partial charge in [-0.2, -0.15) is 0 Å². The number of ether oxygens (including phenoxy) is 1. The molecule has 1 aliphatic carbocycles. The van der Waals surface area contributed by atoms with E-state index in [0.29, 0.717) is 12.1 Å². The van der Waals surface area contributed by atoms with Gasteiger partial charge in [0.2, 0.25) is 0 Å². The molecule has 2 atom stereocenters. The molecule has 0 spiro atoms. The molecule has 120 valence electrons. The Hall–Kier alpha value is -0.380. The van der Waals surface area contributed by atoms with Crippen molar-refractivity contribution in [2.45, 2.75) is 85.1 Å². The molecule has 1 saturated carbocycles. The van der Waals surface area contributed by atoms with Crippen LogP contribution in [0, 0.1) is 12.8 Å². The zero-order valence-corrected chi connectivity index (χ0v) is 14.9. The molecule has 3 heteroatoms. The van der Waals surface area contributed by atoms with E-state index in [1.54, 1.807) is 0 Å². The molecule has 1 aromatic rings. The van der Waals surface area contributed by atoms with Gasteiger partial charge in [0.15, 0.2) is 0 Å². The van der Waals surface area contributed by atoms with Gasteiger partial charge in [0.25, 0.3) is 0 Å². The molecule has 0 saturated heterocycles. The van der Waals surface area contributed by atoms with Crippen molar-refractivity contribution in [1.82, 2.24) is 5.32 Å². The lowest BCUT2D eigenvalue weighted by molar-refractivity contribution is 0.00172. The monoisotopic (exact) mass is 309 g/mol. The van der Waals surface area contributed by atoms with Crippen molar-refractivity contribution >= 4 is 11.3 Å². The Kier molecular flexibility index (Phi) is 6.72. The second-order valence-corrected chi connectivity index (χ2v) is 8.04. The summed E-state index contributed by atoms with van der Waals surface area (Å²) >= 11 is 1.91. The van der Waals surface area contributed by atoms with Gasteiger partial charge >= 0.3 is 0 Å². The van der Waals surface area contributed by atoms with Gasteiger partial charge in [-0.1, -0.05) is 40.0 Å². The topological polar surface area (TPSA) is 21.3 Å². The third-order valence-electron chi connectivity index (χ3n) is 4.54. The van der Waals surface area contributed by atoms with E-state index in [4.69, 9.17) is 4.74 Å². The predicted molar refractivity (Wildman–Crippen MR) is 91.9 cm³/mol. The molecule has 0 aromatic carbocycles. The maximum absolute atomic E-state index is 6.21. The average molecular weight is 310 g/mol. The molecule has 0 aliphatic heterocycles. The summed E-state index contributed by atoms with van der Waals surface area (Å²) in [6.07, 6.45) is 7.06. The first-order valence-corrected chi connectivity index (χ1v) is 9.33. The van der Waals surface area contributed by atoms with Crippen LogP contribution < -0.4 is 5.32 Å². The Morgan fingerprint density at radius 1 is 1.38 bits per heavy atom.